The fourth-order valence-corrected chi connectivity index (χ4v) is 4.81. The van der Waals surface area contributed by atoms with Crippen LogP contribution in [-0.4, -0.2) is 33.0 Å². The van der Waals surface area contributed by atoms with E-state index < -0.39 is 11.8 Å². The molecule has 0 bridgehead atoms. The third-order valence-corrected chi connectivity index (χ3v) is 7.05. The van der Waals surface area contributed by atoms with Gasteiger partial charge in [-0.25, -0.2) is 28.8 Å². The van der Waals surface area contributed by atoms with Gasteiger partial charge in [0, 0.05) is 23.3 Å². The van der Waals surface area contributed by atoms with Crippen molar-refractivity contribution >= 4 is 35.5 Å². The normalized spacial score (nSPS) is 11.3. The molecule has 2 aromatic carbocycles. The number of halogens is 1. The minimum atomic E-state index is -0.920. The molecule has 214 valence electrons. The molecule has 0 fully saturated rings. The van der Waals surface area contributed by atoms with Gasteiger partial charge >= 0.3 is 11.8 Å². The highest BCUT2D eigenvalue weighted by atomic mass is 79.9. The third-order valence-electron chi connectivity index (χ3n) is 7.05. The lowest BCUT2D eigenvalue weighted by Gasteiger charge is -2.00. The SMILES string of the molecule is C[n+]1c(-c2ccc(/C=N/NC(=O)C(=O)N/N=C/c3ccc(-c4cn5ccccc5[n+]4C)cc3)cc2)cn2ccccc21.[Br-]. The van der Waals surface area contributed by atoms with Gasteiger partial charge in [0.05, 0.1) is 38.9 Å². The van der Waals surface area contributed by atoms with Crippen LogP contribution in [0.15, 0.2) is 120 Å². The molecule has 43 heavy (non-hydrogen) atoms. The van der Waals surface area contributed by atoms with Gasteiger partial charge in [0.25, 0.3) is 11.3 Å². The summed E-state index contributed by atoms with van der Waals surface area (Å²) in [5.41, 5.74) is 12.4. The minimum absolute atomic E-state index is 0. The van der Waals surface area contributed by atoms with Gasteiger partial charge in [-0.05, 0) is 47.5 Å². The molecule has 2 amide bonds. The molecule has 0 saturated heterocycles. The second-order valence-corrected chi connectivity index (χ2v) is 9.72. The quantitative estimate of drug-likeness (QED) is 0.115. The highest BCUT2D eigenvalue weighted by Gasteiger charge is 2.16. The molecule has 0 aliphatic carbocycles. The maximum atomic E-state index is 12.1. The van der Waals surface area contributed by atoms with E-state index in [0.29, 0.717) is 0 Å². The zero-order chi connectivity index (χ0) is 29.1. The number of amides is 2. The molecular weight excluding hydrogens is 608 g/mol. The summed E-state index contributed by atoms with van der Waals surface area (Å²) in [7, 11) is 4.04. The molecule has 0 aliphatic rings. The van der Waals surface area contributed by atoms with Crippen LogP contribution in [0.3, 0.4) is 0 Å². The summed E-state index contributed by atoms with van der Waals surface area (Å²) in [4.78, 5) is 24.2. The number of fused-ring (bicyclic) bond motifs is 2. The van der Waals surface area contributed by atoms with Gasteiger partial charge in [-0.3, -0.25) is 9.59 Å². The highest BCUT2D eigenvalue weighted by Crippen LogP contribution is 2.19. The molecule has 0 atom stereocenters. The Morgan fingerprint density at radius 3 is 1.40 bits per heavy atom. The number of aryl methyl sites for hydroxylation is 2. The van der Waals surface area contributed by atoms with Gasteiger partial charge in [-0.2, -0.15) is 10.2 Å². The predicted octanol–water partition coefficient (Wildman–Crippen LogP) is -0.221. The van der Waals surface area contributed by atoms with Crippen molar-refractivity contribution in [2.75, 3.05) is 0 Å². The van der Waals surface area contributed by atoms with Crippen molar-refractivity contribution < 1.29 is 35.7 Å². The summed E-state index contributed by atoms with van der Waals surface area (Å²) < 4.78 is 8.37. The van der Waals surface area contributed by atoms with Crippen LogP contribution < -0.4 is 37.0 Å². The van der Waals surface area contributed by atoms with Crippen LogP contribution in [0.4, 0.5) is 0 Å². The highest BCUT2D eigenvalue weighted by molar-refractivity contribution is 6.35. The first-order valence-corrected chi connectivity index (χ1v) is 13.3. The molecule has 0 unspecified atom stereocenters. The summed E-state index contributed by atoms with van der Waals surface area (Å²) in [6.07, 6.45) is 11.1. The first kappa shape index (κ1) is 29.1. The molecule has 4 heterocycles. The smallest absolute Gasteiger partial charge is 0.331 e. The zero-order valence-electron chi connectivity index (χ0n) is 23.4. The monoisotopic (exact) mass is 635 g/mol. The Labute approximate surface area is 258 Å². The van der Waals surface area contributed by atoms with Gasteiger partial charge in [0.15, 0.2) is 11.4 Å². The first-order valence-electron chi connectivity index (χ1n) is 13.3. The molecule has 6 aromatic rings. The van der Waals surface area contributed by atoms with E-state index in [1.165, 1.54) is 12.4 Å². The minimum Gasteiger partial charge on any atom is -1.00 e. The van der Waals surface area contributed by atoms with E-state index in [1.54, 1.807) is 0 Å². The van der Waals surface area contributed by atoms with Crippen molar-refractivity contribution in [3.8, 4) is 22.5 Å². The number of nitrogens with one attached hydrogen (secondary N) is 2. The van der Waals surface area contributed by atoms with Gasteiger partial charge in [0.1, 0.15) is 12.4 Å². The molecule has 0 aliphatic heterocycles. The van der Waals surface area contributed by atoms with E-state index in [0.717, 1.165) is 44.9 Å². The molecule has 11 heteroatoms. The number of aromatic nitrogens is 4. The number of benzene rings is 2. The third kappa shape index (κ3) is 6.11. The molecule has 4 aromatic heterocycles. The summed E-state index contributed by atoms with van der Waals surface area (Å²) in [6, 6.07) is 27.6. The second-order valence-electron chi connectivity index (χ2n) is 9.72. The topological polar surface area (TPSA) is 99.5 Å². The van der Waals surface area contributed by atoms with E-state index in [1.807, 2.05) is 99.3 Å². The Hall–Kier alpha value is -5.42. The molecule has 0 radical (unpaired) electrons. The average molecular weight is 637 g/mol. The number of imidazole rings is 2. The Morgan fingerprint density at radius 2 is 1.02 bits per heavy atom. The average Bonchev–Trinajstić information content (AvgIpc) is 3.54. The summed E-state index contributed by atoms with van der Waals surface area (Å²) >= 11 is 0. The number of pyridine rings is 2. The van der Waals surface area contributed by atoms with Crippen molar-refractivity contribution in [3.05, 3.63) is 121 Å². The number of carbonyl (C=O) groups excluding carboxylic acids is 2. The maximum Gasteiger partial charge on any atom is 0.331 e. The summed E-state index contributed by atoms with van der Waals surface area (Å²) in [5.74, 6) is -1.84. The van der Waals surface area contributed by atoms with Crippen LogP contribution in [0.5, 0.6) is 0 Å². The predicted molar refractivity (Wildman–Crippen MR) is 159 cm³/mol. The van der Waals surface area contributed by atoms with Crippen LogP contribution in [0.1, 0.15) is 11.1 Å². The van der Waals surface area contributed by atoms with E-state index in [2.05, 4.69) is 63.5 Å². The molecule has 0 saturated carbocycles. The van der Waals surface area contributed by atoms with Gasteiger partial charge in [-0.1, -0.05) is 36.4 Å². The number of nitrogens with zero attached hydrogens (tertiary/aromatic N) is 6. The standard InChI is InChI=1S/C32H26N8O2.BrH/c1-37-27(21-39-17-5-3-7-29(37)39)25-13-9-23(10-14-25)19-33-35-31(41)32(42)36-34-20-24-11-15-26(16-12-24)28-22-40-18-6-4-8-30(40)38(28)2;/h3-22H,1-2H3;1H/p+1/b33-19+,34-20+;. The Morgan fingerprint density at radius 1 is 0.628 bits per heavy atom. The van der Waals surface area contributed by atoms with Crippen LogP contribution in [0, 0.1) is 0 Å². The maximum absolute atomic E-state index is 12.1. The fraction of sp³-hybridized carbons (Fsp3) is 0.0625. The number of hydrogen-bond acceptors (Lipinski definition) is 4. The number of hydrogen-bond donors (Lipinski definition) is 2. The van der Waals surface area contributed by atoms with E-state index in [4.69, 9.17) is 0 Å². The second kappa shape index (κ2) is 12.6. The van der Waals surface area contributed by atoms with E-state index in [-0.39, 0.29) is 17.0 Å². The van der Waals surface area contributed by atoms with Crippen molar-refractivity contribution in [3.63, 3.8) is 0 Å². The van der Waals surface area contributed by atoms with Crippen molar-refractivity contribution in [2.24, 2.45) is 24.3 Å². The van der Waals surface area contributed by atoms with Crippen LogP contribution in [0.25, 0.3) is 33.8 Å². The molecule has 2 N–H and O–H groups in total. The number of hydrazone groups is 2. The lowest BCUT2D eigenvalue weighted by Crippen LogP contribution is -3.00. The van der Waals surface area contributed by atoms with Gasteiger partial charge in [-0.15, -0.1) is 0 Å². The largest absolute Gasteiger partial charge is 1.00 e. The van der Waals surface area contributed by atoms with E-state index >= 15 is 0 Å². The Balaban J connectivity index is 0.00000368. The Kier molecular flexibility index (Phi) is 8.54. The van der Waals surface area contributed by atoms with Crippen molar-refractivity contribution in [1.82, 2.24) is 19.7 Å². The van der Waals surface area contributed by atoms with Gasteiger partial charge in [0.2, 0.25) is 0 Å². The lowest BCUT2D eigenvalue weighted by atomic mass is 10.1. The Bertz CT molecular complexity index is 1850. The molecule has 0 spiro atoms. The van der Waals surface area contributed by atoms with Crippen molar-refractivity contribution in [2.45, 2.75) is 0 Å². The molecule has 10 nitrogen and oxygen atoms in total. The van der Waals surface area contributed by atoms with Crippen LogP contribution >= 0.6 is 0 Å². The van der Waals surface area contributed by atoms with Crippen molar-refractivity contribution in [1.29, 1.82) is 0 Å². The number of carbonyl (C=O) groups is 2. The van der Waals surface area contributed by atoms with Crippen LogP contribution in [-0.2, 0) is 23.7 Å². The summed E-state index contributed by atoms with van der Waals surface area (Å²) in [5, 5.41) is 7.79. The van der Waals surface area contributed by atoms with E-state index in [9.17, 15) is 9.59 Å². The molecule has 6 rings (SSSR count). The lowest BCUT2D eigenvalue weighted by molar-refractivity contribution is -0.633. The fourth-order valence-electron chi connectivity index (χ4n) is 4.81. The number of rotatable bonds is 6. The van der Waals surface area contributed by atoms with Gasteiger partial charge < -0.3 is 17.0 Å². The first-order chi connectivity index (χ1) is 20.5. The molecular formula is C32H28BrN8O2+. The summed E-state index contributed by atoms with van der Waals surface area (Å²) in [6.45, 7) is 0. The zero-order valence-corrected chi connectivity index (χ0v) is 25.0. The van der Waals surface area contributed by atoms with Crippen LogP contribution in [0.2, 0.25) is 0 Å².